The number of hydrogen-bond acceptors (Lipinski definition) is 2. The standard InChI is InChI=1S/C5H5BOS/c1-3-2-8-5(7)4(3)6/h2,7H,1H3. The van der Waals surface area contributed by atoms with Crippen LogP contribution in [0, 0.1) is 6.92 Å². The highest BCUT2D eigenvalue weighted by molar-refractivity contribution is 7.13. The summed E-state index contributed by atoms with van der Waals surface area (Å²) in [5.74, 6) is 0. The summed E-state index contributed by atoms with van der Waals surface area (Å²) in [4.78, 5) is 0. The van der Waals surface area contributed by atoms with Crippen molar-refractivity contribution < 1.29 is 5.11 Å². The van der Waals surface area contributed by atoms with Crippen LogP contribution in [0.15, 0.2) is 5.38 Å². The van der Waals surface area contributed by atoms with Gasteiger partial charge in [-0.25, -0.2) is 0 Å². The summed E-state index contributed by atoms with van der Waals surface area (Å²) in [6, 6.07) is 0. The average molecular weight is 124 g/mol. The van der Waals surface area contributed by atoms with Crippen molar-refractivity contribution in [1.29, 1.82) is 0 Å². The molecule has 1 rings (SSSR count). The van der Waals surface area contributed by atoms with Gasteiger partial charge in [0.1, 0.15) is 7.85 Å². The first-order valence-corrected chi connectivity index (χ1v) is 3.12. The molecule has 3 heteroatoms. The lowest BCUT2D eigenvalue weighted by molar-refractivity contribution is 0.494. The molecule has 1 heterocycles. The molecule has 1 nitrogen and oxygen atoms in total. The minimum absolute atomic E-state index is 0.225. The summed E-state index contributed by atoms with van der Waals surface area (Å²) in [6.45, 7) is 1.87. The minimum atomic E-state index is 0.225. The van der Waals surface area contributed by atoms with Crippen LogP contribution < -0.4 is 5.46 Å². The second-order valence-electron chi connectivity index (χ2n) is 1.64. The number of thiophene rings is 1. The lowest BCUT2D eigenvalue weighted by atomic mass is 9.96. The summed E-state index contributed by atoms with van der Waals surface area (Å²) in [6.07, 6.45) is 0. The maximum Gasteiger partial charge on any atom is 0.163 e. The molecule has 0 spiro atoms. The van der Waals surface area contributed by atoms with E-state index in [2.05, 4.69) is 0 Å². The fourth-order valence-corrected chi connectivity index (χ4v) is 1.14. The average Bonchev–Trinajstić information content (AvgIpc) is 1.98. The lowest BCUT2D eigenvalue weighted by Crippen LogP contribution is -2.00. The molecule has 1 aromatic rings. The molecule has 0 aliphatic rings. The first-order valence-electron chi connectivity index (χ1n) is 2.24. The van der Waals surface area contributed by atoms with E-state index in [1.807, 2.05) is 12.3 Å². The number of hydrogen-bond donors (Lipinski definition) is 1. The summed E-state index contributed by atoms with van der Waals surface area (Å²) >= 11 is 1.26. The molecule has 1 N–H and O–H groups in total. The van der Waals surface area contributed by atoms with Gasteiger partial charge in [-0.05, 0) is 23.3 Å². The van der Waals surface area contributed by atoms with E-state index in [1.165, 1.54) is 11.3 Å². The van der Waals surface area contributed by atoms with E-state index in [-0.39, 0.29) is 5.06 Å². The SMILES string of the molecule is [B]c1c(C)csc1O. The van der Waals surface area contributed by atoms with Crippen LogP contribution in [0.1, 0.15) is 5.56 Å². The highest BCUT2D eigenvalue weighted by Crippen LogP contribution is 2.15. The normalized spacial score (nSPS) is 9.62. The van der Waals surface area contributed by atoms with Crippen LogP contribution >= 0.6 is 11.3 Å². The Bertz CT molecular complexity index is 175. The van der Waals surface area contributed by atoms with Gasteiger partial charge in [0.25, 0.3) is 0 Å². The first kappa shape index (κ1) is 5.70. The van der Waals surface area contributed by atoms with E-state index >= 15 is 0 Å². The Hall–Kier alpha value is -0.435. The van der Waals surface area contributed by atoms with Crippen molar-refractivity contribution in [3.8, 4) is 5.06 Å². The monoisotopic (exact) mass is 124 g/mol. The Morgan fingerprint density at radius 3 is 2.50 bits per heavy atom. The summed E-state index contributed by atoms with van der Waals surface area (Å²) < 4.78 is 0. The second-order valence-corrected chi connectivity index (χ2v) is 2.50. The molecular weight excluding hydrogens is 119 g/mol. The van der Waals surface area contributed by atoms with Gasteiger partial charge in [-0.3, -0.25) is 0 Å². The van der Waals surface area contributed by atoms with Gasteiger partial charge in [-0.1, -0.05) is 0 Å². The van der Waals surface area contributed by atoms with E-state index in [4.69, 9.17) is 13.0 Å². The molecule has 0 saturated heterocycles. The third-order valence-electron chi connectivity index (χ3n) is 1.00. The summed E-state index contributed by atoms with van der Waals surface area (Å²) in [5, 5.41) is 10.9. The Morgan fingerprint density at radius 2 is 2.38 bits per heavy atom. The molecule has 1 aromatic heterocycles. The van der Waals surface area contributed by atoms with Crippen LogP contribution in [0.5, 0.6) is 5.06 Å². The Morgan fingerprint density at radius 1 is 1.75 bits per heavy atom. The van der Waals surface area contributed by atoms with E-state index in [0.717, 1.165) is 5.56 Å². The Balaban J connectivity index is 3.19. The van der Waals surface area contributed by atoms with Gasteiger partial charge in [0.15, 0.2) is 5.06 Å². The van der Waals surface area contributed by atoms with Crippen LogP contribution in [-0.4, -0.2) is 13.0 Å². The molecule has 0 aromatic carbocycles. The summed E-state index contributed by atoms with van der Waals surface area (Å²) in [7, 11) is 5.36. The molecule has 0 saturated carbocycles. The van der Waals surface area contributed by atoms with Crippen molar-refractivity contribution in [3.63, 3.8) is 0 Å². The first-order chi connectivity index (χ1) is 3.72. The molecule has 40 valence electrons. The zero-order valence-electron chi connectivity index (χ0n) is 4.51. The second kappa shape index (κ2) is 1.82. The van der Waals surface area contributed by atoms with E-state index in [1.54, 1.807) is 0 Å². The van der Waals surface area contributed by atoms with Crippen LogP contribution in [0.3, 0.4) is 0 Å². The largest absolute Gasteiger partial charge is 0.500 e. The maximum absolute atomic E-state index is 8.83. The zero-order valence-corrected chi connectivity index (χ0v) is 5.33. The third kappa shape index (κ3) is 0.735. The molecule has 0 fully saturated rings. The minimum Gasteiger partial charge on any atom is -0.500 e. The van der Waals surface area contributed by atoms with Gasteiger partial charge in [0, 0.05) is 0 Å². The fraction of sp³-hybridized carbons (Fsp3) is 0.200. The molecule has 0 aliphatic heterocycles. The van der Waals surface area contributed by atoms with Gasteiger partial charge in [0.2, 0.25) is 0 Å². The number of aromatic hydroxyl groups is 1. The zero-order chi connectivity index (χ0) is 6.15. The highest BCUT2D eigenvalue weighted by atomic mass is 32.1. The fourth-order valence-electron chi connectivity index (χ4n) is 0.440. The lowest BCUT2D eigenvalue weighted by Gasteiger charge is -1.86. The quantitative estimate of drug-likeness (QED) is 0.501. The van der Waals surface area contributed by atoms with Crippen molar-refractivity contribution in [2.75, 3.05) is 0 Å². The molecule has 0 atom stereocenters. The molecule has 0 bridgehead atoms. The Kier molecular flexibility index (Phi) is 1.30. The van der Waals surface area contributed by atoms with Crippen LogP contribution in [0.4, 0.5) is 0 Å². The molecular formula is C5H5BOS. The van der Waals surface area contributed by atoms with E-state index in [0.29, 0.717) is 5.46 Å². The Labute approximate surface area is 53.4 Å². The van der Waals surface area contributed by atoms with Gasteiger partial charge in [-0.2, -0.15) is 0 Å². The molecule has 2 radical (unpaired) electrons. The van der Waals surface area contributed by atoms with E-state index < -0.39 is 0 Å². The number of rotatable bonds is 0. The van der Waals surface area contributed by atoms with E-state index in [9.17, 15) is 0 Å². The molecule has 0 aliphatic carbocycles. The van der Waals surface area contributed by atoms with Gasteiger partial charge >= 0.3 is 0 Å². The van der Waals surface area contributed by atoms with Crippen LogP contribution in [0.2, 0.25) is 0 Å². The number of aryl methyl sites for hydroxylation is 1. The topological polar surface area (TPSA) is 20.2 Å². The highest BCUT2D eigenvalue weighted by Gasteiger charge is 1.97. The smallest absolute Gasteiger partial charge is 0.163 e. The third-order valence-corrected chi connectivity index (χ3v) is 1.92. The molecule has 8 heavy (non-hydrogen) atoms. The van der Waals surface area contributed by atoms with Crippen LogP contribution in [0.25, 0.3) is 0 Å². The molecule has 0 unspecified atom stereocenters. The van der Waals surface area contributed by atoms with Crippen LogP contribution in [-0.2, 0) is 0 Å². The summed E-state index contributed by atoms with van der Waals surface area (Å²) in [5.41, 5.74) is 1.46. The molecule has 0 amide bonds. The maximum atomic E-state index is 8.83. The van der Waals surface area contributed by atoms with Crippen molar-refractivity contribution in [2.24, 2.45) is 0 Å². The van der Waals surface area contributed by atoms with Gasteiger partial charge in [0.05, 0.1) is 0 Å². The van der Waals surface area contributed by atoms with Crippen molar-refractivity contribution in [2.45, 2.75) is 6.92 Å². The van der Waals surface area contributed by atoms with Crippen molar-refractivity contribution in [3.05, 3.63) is 10.9 Å². The van der Waals surface area contributed by atoms with Crippen molar-refractivity contribution in [1.82, 2.24) is 0 Å². The predicted octanol–water partition coefficient (Wildman–Crippen LogP) is 0.556. The van der Waals surface area contributed by atoms with Gasteiger partial charge in [-0.15, -0.1) is 11.3 Å². The van der Waals surface area contributed by atoms with Crippen molar-refractivity contribution >= 4 is 24.6 Å². The predicted molar refractivity (Wildman–Crippen MR) is 36.1 cm³/mol. The van der Waals surface area contributed by atoms with Gasteiger partial charge < -0.3 is 5.11 Å².